The van der Waals surface area contributed by atoms with Crippen molar-refractivity contribution in [3.63, 3.8) is 0 Å². The van der Waals surface area contributed by atoms with Crippen LogP contribution in [0.15, 0.2) is 79.9 Å². The van der Waals surface area contributed by atoms with E-state index < -0.39 is 0 Å². The Bertz CT molecular complexity index is 569. The Morgan fingerprint density at radius 2 is 1.52 bits per heavy atom. The average molecular weight is 542 g/mol. The zero-order valence-corrected chi connectivity index (χ0v) is 20.2. The van der Waals surface area contributed by atoms with Crippen molar-refractivity contribution >= 4 is 10.8 Å². The van der Waals surface area contributed by atoms with Crippen LogP contribution in [0.4, 0.5) is 0 Å². The molecule has 134 valence electrons. The zero-order chi connectivity index (χ0) is 16.0. The van der Waals surface area contributed by atoms with E-state index in [-0.39, 0.29) is 50.7 Å². The third kappa shape index (κ3) is 12.4. The van der Waals surface area contributed by atoms with E-state index >= 15 is 0 Å². The van der Waals surface area contributed by atoms with Crippen LogP contribution < -0.4 is 24.8 Å². The van der Waals surface area contributed by atoms with Crippen LogP contribution in [0.5, 0.6) is 0 Å². The molecule has 0 nitrogen and oxygen atoms in total. The van der Waals surface area contributed by atoms with Gasteiger partial charge in [-0.05, 0) is 0 Å². The van der Waals surface area contributed by atoms with Crippen molar-refractivity contribution < 1.29 is 50.7 Å². The van der Waals surface area contributed by atoms with Gasteiger partial charge in [0.25, 0.3) is 0 Å². The van der Waals surface area contributed by atoms with Gasteiger partial charge in [0, 0.05) is 0 Å². The molecule has 0 aliphatic heterocycles. The molecule has 0 heterocycles. The molecule has 3 heteroatoms. The molecule has 0 bridgehead atoms. The van der Waals surface area contributed by atoms with E-state index in [1.807, 2.05) is 0 Å². The van der Waals surface area contributed by atoms with Gasteiger partial charge >= 0.3 is 25.8 Å². The Labute approximate surface area is 185 Å². The Morgan fingerprint density at radius 3 is 2.12 bits per heavy atom. The quantitative estimate of drug-likeness (QED) is 0.195. The largest absolute Gasteiger partial charge is 4.00 e. The zero-order valence-electron chi connectivity index (χ0n) is 15.1. The molecule has 3 rings (SSSR count). The number of hydrogen-bond acceptors (Lipinski definition) is 0. The Hall–Kier alpha value is -0.630. The van der Waals surface area contributed by atoms with Crippen molar-refractivity contribution in [2.24, 2.45) is 0 Å². The fraction of sp³-hybridized carbons (Fsp3) is 0.273. The summed E-state index contributed by atoms with van der Waals surface area (Å²) < 4.78 is 0. The molecule has 3 aromatic carbocycles. The average Bonchev–Trinajstić information content (AvgIpc) is 3.25. The van der Waals surface area contributed by atoms with E-state index in [0.29, 0.717) is 0 Å². The molecule has 0 atom stereocenters. The molecule has 0 saturated heterocycles. The summed E-state index contributed by atoms with van der Waals surface area (Å²) in [4.78, 5) is 0. The molecule has 3 aromatic rings. The molecule has 0 aliphatic rings. The summed E-state index contributed by atoms with van der Waals surface area (Å²) in [7, 11) is 0. The number of fused-ring (bicyclic) bond motifs is 1. The standard InChI is InChI=1S/C11H17.C9H7.C2H4.2ClH.Hf/c1-2-3-4-5-8-11-9-6-7-10-11;1-2-5-9-7-3-6-8(9)4-1;1-2;;;/h6-7,9-10H,2-5,8H2,1H3;1-7H;1-2H2;2*1H;/q2*-1;;;;+4/p-2. The van der Waals surface area contributed by atoms with Gasteiger partial charge in [-0.3, -0.25) is 0 Å². The molecule has 25 heavy (non-hydrogen) atoms. The van der Waals surface area contributed by atoms with E-state index in [1.165, 1.54) is 48.4 Å². The second kappa shape index (κ2) is 19.7. The second-order valence-electron chi connectivity index (χ2n) is 5.26. The van der Waals surface area contributed by atoms with Crippen molar-refractivity contribution in [2.45, 2.75) is 39.0 Å². The third-order valence-electron chi connectivity index (χ3n) is 3.60. The number of rotatable bonds is 5. The van der Waals surface area contributed by atoms with E-state index in [4.69, 9.17) is 0 Å². The first-order valence-electron chi connectivity index (χ1n) is 8.21. The van der Waals surface area contributed by atoms with Crippen LogP contribution in [0.1, 0.15) is 38.2 Å². The van der Waals surface area contributed by atoms with Crippen LogP contribution in [-0.4, -0.2) is 0 Å². The first-order chi connectivity index (χ1) is 10.9. The third-order valence-corrected chi connectivity index (χ3v) is 3.60. The predicted molar refractivity (Wildman–Crippen MR) is 101 cm³/mol. The van der Waals surface area contributed by atoms with Crippen LogP contribution in [0.3, 0.4) is 0 Å². The van der Waals surface area contributed by atoms with Crippen molar-refractivity contribution in [3.05, 3.63) is 85.5 Å². The minimum atomic E-state index is 0. The normalized spacial score (nSPS) is 8.36. The monoisotopic (exact) mass is 542 g/mol. The fourth-order valence-electron chi connectivity index (χ4n) is 2.41. The van der Waals surface area contributed by atoms with Crippen LogP contribution in [0.25, 0.3) is 10.8 Å². The molecular formula is C22H28Cl2Hf. The number of benzene rings is 1. The molecule has 0 fully saturated rings. The van der Waals surface area contributed by atoms with Gasteiger partial charge in [-0.1, -0.05) is 45.1 Å². The van der Waals surface area contributed by atoms with Crippen LogP contribution >= 0.6 is 0 Å². The van der Waals surface area contributed by atoms with Crippen molar-refractivity contribution in [3.8, 4) is 0 Å². The fourth-order valence-corrected chi connectivity index (χ4v) is 2.41. The molecule has 0 amide bonds. The maximum Gasteiger partial charge on any atom is 4.00 e. The van der Waals surface area contributed by atoms with Gasteiger partial charge < -0.3 is 24.8 Å². The van der Waals surface area contributed by atoms with Gasteiger partial charge in [0.15, 0.2) is 0 Å². The van der Waals surface area contributed by atoms with Gasteiger partial charge in [0.2, 0.25) is 0 Å². The molecule has 0 unspecified atom stereocenters. The van der Waals surface area contributed by atoms with Gasteiger partial charge in [-0.25, -0.2) is 12.1 Å². The van der Waals surface area contributed by atoms with Gasteiger partial charge in [-0.2, -0.15) is 35.2 Å². The van der Waals surface area contributed by atoms with Crippen LogP contribution in [0.2, 0.25) is 0 Å². The molecule has 0 N–H and O–H groups in total. The topological polar surface area (TPSA) is 0 Å². The Kier molecular flexibility index (Phi) is 23.0. The molecule has 0 saturated carbocycles. The van der Waals surface area contributed by atoms with Crippen LogP contribution in [0, 0.1) is 0 Å². The summed E-state index contributed by atoms with van der Waals surface area (Å²) >= 11 is 0. The molecule has 0 aromatic heterocycles. The van der Waals surface area contributed by atoms with Crippen molar-refractivity contribution in [1.29, 1.82) is 0 Å². The first kappa shape index (κ1) is 29.1. The maximum atomic E-state index is 3.00. The smallest absolute Gasteiger partial charge is 1.00 e. The summed E-state index contributed by atoms with van der Waals surface area (Å²) in [5, 5.41) is 2.66. The van der Waals surface area contributed by atoms with E-state index in [1.54, 1.807) is 0 Å². The van der Waals surface area contributed by atoms with Crippen LogP contribution in [-0.2, 0) is 32.3 Å². The summed E-state index contributed by atoms with van der Waals surface area (Å²) in [5.74, 6) is 0. The van der Waals surface area contributed by atoms with Gasteiger partial charge in [0.1, 0.15) is 0 Å². The Morgan fingerprint density at radius 1 is 0.880 bits per heavy atom. The number of unbranched alkanes of at least 4 members (excludes halogenated alkanes) is 3. The summed E-state index contributed by atoms with van der Waals surface area (Å²) in [6, 6.07) is 23.3. The minimum absolute atomic E-state index is 0. The molecular weight excluding hydrogens is 514 g/mol. The summed E-state index contributed by atoms with van der Waals surface area (Å²) in [6.45, 7) is 8.25. The minimum Gasteiger partial charge on any atom is -1.00 e. The van der Waals surface area contributed by atoms with Crippen molar-refractivity contribution in [2.75, 3.05) is 0 Å². The van der Waals surface area contributed by atoms with E-state index in [9.17, 15) is 0 Å². The summed E-state index contributed by atoms with van der Waals surface area (Å²) in [6.07, 6.45) is 6.74. The molecule has 0 aliphatic carbocycles. The Balaban J connectivity index is -0.000000320. The molecule has 0 radical (unpaired) electrons. The summed E-state index contributed by atoms with van der Waals surface area (Å²) in [5.41, 5.74) is 1.50. The van der Waals surface area contributed by atoms with E-state index in [2.05, 4.69) is 86.8 Å². The second-order valence-corrected chi connectivity index (χ2v) is 5.26. The van der Waals surface area contributed by atoms with Gasteiger partial charge in [0.05, 0.1) is 0 Å². The predicted octanol–water partition coefficient (Wildman–Crippen LogP) is 0.895. The number of hydrogen-bond donors (Lipinski definition) is 0. The van der Waals surface area contributed by atoms with Gasteiger partial charge in [-0.15, -0.1) is 42.8 Å². The van der Waals surface area contributed by atoms with E-state index in [0.717, 1.165) is 0 Å². The maximum absolute atomic E-state index is 3.00. The SMILES string of the molecule is C=C.CCCCCC[c-]1cccc1.[Cl-].[Cl-].[Hf+4].c1ccc2[cH-]ccc2c1. The molecule has 0 spiro atoms. The van der Waals surface area contributed by atoms with Crippen molar-refractivity contribution in [1.82, 2.24) is 0 Å². The first-order valence-corrected chi connectivity index (χ1v) is 8.21. The number of halogens is 2. The number of aryl methyl sites for hydroxylation is 1.